The molecule has 0 aromatic heterocycles. The fourth-order valence-electron chi connectivity index (χ4n) is 2.08. The number of hydrogen-bond acceptors (Lipinski definition) is 2. The van der Waals surface area contributed by atoms with Gasteiger partial charge in [0.1, 0.15) is 0 Å². The molecule has 2 rings (SSSR count). The molecule has 1 amide bonds. The topological polar surface area (TPSA) is 66.4 Å². The minimum atomic E-state index is -1.12. The lowest BCUT2D eigenvalue weighted by molar-refractivity contribution is 0.0692. The van der Waals surface area contributed by atoms with Gasteiger partial charge in [0.25, 0.3) is 5.91 Å². The highest BCUT2D eigenvalue weighted by Crippen LogP contribution is 2.25. The highest BCUT2D eigenvalue weighted by molar-refractivity contribution is 9.10. The van der Waals surface area contributed by atoms with Gasteiger partial charge in [-0.25, -0.2) is 4.79 Å². The van der Waals surface area contributed by atoms with Crippen LogP contribution in [0.1, 0.15) is 31.8 Å². The van der Waals surface area contributed by atoms with E-state index in [4.69, 9.17) is 5.11 Å². The van der Waals surface area contributed by atoms with E-state index in [9.17, 15) is 9.59 Å². The van der Waals surface area contributed by atoms with E-state index in [1.54, 1.807) is 12.1 Å². The number of benzene rings is 2. The fourth-order valence-corrected chi connectivity index (χ4v) is 2.31. The van der Waals surface area contributed by atoms with Crippen molar-refractivity contribution < 1.29 is 14.7 Å². The van der Waals surface area contributed by atoms with Gasteiger partial charge >= 0.3 is 5.97 Å². The van der Waals surface area contributed by atoms with Crippen molar-refractivity contribution in [1.29, 1.82) is 0 Å². The summed E-state index contributed by atoms with van der Waals surface area (Å²) in [6.45, 7) is 3.86. The summed E-state index contributed by atoms with van der Waals surface area (Å²) in [6, 6.07) is 9.80. The number of aryl methyl sites for hydroxylation is 2. The van der Waals surface area contributed by atoms with Gasteiger partial charge in [-0.2, -0.15) is 0 Å². The third-order valence-electron chi connectivity index (χ3n) is 3.10. The third-order valence-corrected chi connectivity index (χ3v) is 4.35. The summed E-state index contributed by atoms with van der Waals surface area (Å²) in [5.41, 5.74) is 2.76. The molecule has 0 saturated heterocycles. The summed E-state index contributed by atoms with van der Waals surface area (Å²) in [6.07, 6.45) is 0. The molecule has 0 radical (unpaired) electrons. The van der Waals surface area contributed by atoms with Gasteiger partial charge in [-0.3, -0.25) is 4.79 Å². The molecule has 0 atom stereocenters. The number of hydrogen-bond donors (Lipinski definition) is 2. The normalized spacial score (nSPS) is 10.2. The number of carboxylic acids is 1. The van der Waals surface area contributed by atoms with Gasteiger partial charge in [-0.1, -0.05) is 28.1 Å². The first-order valence-electron chi connectivity index (χ1n) is 6.30. The van der Waals surface area contributed by atoms with E-state index in [-0.39, 0.29) is 11.1 Å². The van der Waals surface area contributed by atoms with Crippen molar-refractivity contribution in [3.05, 3.63) is 63.1 Å². The lowest BCUT2D eigenvalue weighted by Gasteiger charge is -2.11. The maximum atomic E-state index is 12.3. The lowest BCUT2D eigenvalue weighted by Crippen LogP contribution is -2.16. The van der Waals surface area contributed by atoms with Crippen LogP contribution in [0.3, 0.4) is 0 Å². The average Bonchev–Trinajstić information content (AvgIpc) is 2.44. The number of rotatable bonds is 3. The van der Waals surface area contributed by atoms with Crippen molar-refractivity contribution in [2.24, 2.45) is 0 Å². The Bertz CT molecular complexity index is 702. The maximum Gasteiger partial charge on any atom is 0.336 e. The molecule has 2 N–H and O–H groups in total. The number of nitrogens with one attached hydrogen (secondary N) is 1. The second-order valence-electron chi connectivity index (χ2n) is 4.73. The van der Waals surface area contributed by atoms with Gasteiger partial charge in [-0.15, -0.1) is 0 Å². The predicted molar refractivity (Wildman–Crippen MR) is 85.0 cm³/mol. The summed E-state index contributed by atoms with van der Waals surface area (Å²) < 4.78 is 0.992. The molecule has 0 bridgehead atoms. The Hall–Kier alpha value is -2.14. The van der Waals surface area contributed by atoms with E-state index in [0.717, 1.165) is 15.6 Å². The molecule has 0 aliphatic rings. The van der Waals surface area contributed by atoms with Crippen LogP contribution in [0, 0.1) is 13.8 Å². The number of amides is 1. The van der Waals surface area contributed by atoms with Crippen LogP contribution in [-0.4, -0.2) is 17.0 Å². The summed E-state index contributed by atoms with van der Waals surface area (Å²) in [4.78, 5) is 23.4. The van der Waals surface area contributed by atoms with E-state index in [2.05, 4.69) is 21.2 Å². The molecule has 0 unspecified atom stereocenters. The third kappa shape index (κ3) is 3.31. The zero-order valence-corrected chi connectivity index (χ0v) is 13.2. The highest BCUT2D eigenvalue weighted by Gasteiger charge is 2.16. The van der Waals surface area contributed by atoms with Crippen LogP contribution in [0.5, 0.6) is 0 Å². The number of aromatic carboxylic acids is 1. The number of halogens is 1. The zero-order chi connectivity index (χ0) is 15.6. The van der Waals surface area contributed by atoms with E-state index in [1.807, 2.05) is 26.0 Å². The van der Waals surface area contributed by atoms with Crippen LogP contribution in [0.4, 0.5) is 5.69 Å². The summed E-state index contributed by atoms with van der Waals surface area (Å²) in [7, 11) is 0. The molecule has 0 aliphatic carbocycles. The van der Waals surface area contributed by atoms with Crippen LogP contribution in [0.15, 0.2) is 40.9 Å². The molecule has 2 aromatic carbocycles. The average molecular weight is 348 g/mol. The molecule has 5 heteroatoms. The Morgan fingerprint density at radius 2 is 1.57 bits per heavy atom. The van der Waals surface area contributed by atoms with Crippen LogP contribution in [0.2, 0.25) is 0 Å². The van der Waals surface area contributed by atoms with E-state index in [0.29, 0.717) is 5.69 Å². The Morgan fingerprint density at radius 1 is 1.05 bits per heavy atom. The minimum Gasteiger partial charge on any atom is -0.478 e. The highest BCUT2D eigenvalue weighted by atomic mass is 79.9. The second-order valence-corrected chi connectivity index (χ2v) is 5.52. The Balaban J connectivity index is 2.33. The van der Waals surface area contributed by atoms with Crippen molar-refractivity contribution in [3.8, 4) is 0 Å². The number of carboxylic acid groups (broad SMARTS) is 1. The molecule has 0 heterocycles. The van der Waals surface area contributed by atoms with Crippen molar-refractivity contribution in [2.45, 2.75) is 13.8 Å². The van der Waals surface area contributed by atoms with Gasteiger partial charge in [0.05, 0.1) is 11.1 Å². The molecule has 108 valence electrons. The lowest BCUT2D eigenvalue weighted by atomic mass is 10.1. The quantitative estimate of drug-likeness (QED) is 0.881. The first kappa shape index (κ1) is 15.3. The Morgan fingerprint density at radius 3 is 2.10 bits per heavy atom. The minimum absolute atomic E-state index is 0.0134. The molecule has 4 nitrogen and oxygen atoms in total. The Kier molecular flexibility index (Phi) is 4.43. The van der Waals surface area contributed by atoms with Crippen molar-refractivity contribution >= 4 is 33.5 Å². The van der Waals surface area contributed by atoms with Crippen molar-refractivity contribution in [1.82, 2.24) is 0 Å². The predicted octanol–water partition coefficient (Wildman–Crippen LogP) is 4.02. The van der Waals surface area contributed by atoms with Gasteiger partial charge in [-0.05, 0) is 49.2 Å². The molecule has 0 fully saturated rings. The zero-order valence-electron chi connectivity index (χ0n) is 11.6. The number of anilines is 1. The van der Waals surface area contributed by atoms with Crippen LogP contribution >= 0.6 is 15.9 Å². The van der Waals surface area contributed by atoms with Crippen molar-refractivity contribution in [3.63, 3.8) is 0 Å². The number of carbonyl (C=O) groups excluding carboxylic acids is 1. The SMILES string of the molecule is Cc1cc(NC(=O)c2ccccc2C(=O)O)cc(C)c1Br. The monoisotopic (exact) mass is 347 g/mol. The Labute approximate surface area is 130 Å². The summed E-state index contributed by atoms with van der Waals surface area (Å²) in [5, 5.41) is 11.9. The van der Waals surface area contributed by atoms with Gasteiger partial charge < -0.3 is 10.4 Å². The molecule has 0 aliphatic heterocycles. The first-order chi connectivity index (χ1) is 9.90. The van der Waals surface area contributed by atoms with Crippen LogP contribution in [0.25, 0.3) is 0 Å². The van der Waals surface area contributed by atoms with Crippen molar-refractivity contribution in [2.75, 3.05) is 5.32 Å². The van der Waals surface area contributed by atoms with Crippen LogP contribution in [-0.2, 0) is 0 Å². The molecule has 21 heavy (non-hydrogen) atoms. The van der Waals surface area contributed by atoms with Gasteiger partial charge in [0, 0.05) is 10.2 Å². The summed E-state index contributed by atoms with van der Waals surface area (Å²) in [5.74, 6) is -1.56. The summed E-state index contributed by atoms with van der Waals surface area (Å²) >= 11 is 3.46. The molecule has 0 spiro atoms. The first-order valence-corrected chi connectivity index (χ1v) is 7.10. The fraction of sp³-hybridized carbons (Fsp3) is 0.125. The number of carbonyl (C=O) groups is 2. The molecular weight excluding hydrogens is 334 g/mol. The smallest absolute Gasteiger partial charge is 0.336 e. The van der Waals surface area contributed by atoms with E-state index < -0.39 is 11.9 Å². The van der Waals surface area contributed by atoms with E-state index >= 15 is 0 Å². The standard InChI is InChI=1S/C16H14BrNO3/c1-9-7-11(8-10(2)14(9)17)18-15(19)12-5-3-4-6-13(12)16(20)21/h3-8H,1-2H3,(H,18,19)(H,20,21). The molecular formula is C16H14BrNO3. The molecule has 0 saturated carbocycles. The largest absolute Gasteiger partial charge is 0.478 e. The van der Waals surface area contributed by atoms with Gasteiger partial charge in [0.15, 0.2) is 0 Å². The van der Waals surface area contributed by atoms with E-state index in [1.165, 1.54) is 12.1 Å². The van der Waals surface area contributed by atoms with Crippen LogP contribution < -0.4 is 5.32 Å². The maximum absolute atomic E-state index is 12.3. The second kappa shape index (κ2) is 6.10. The molecule has 2 aromatic rings. The van der Waals surface area contributed by atoms with Gasteiger partial charge in [0.2, 0.25) is 0 Å².